The molecule has 0 radical (unpaired) electrons. The van der Waals surface area contributed by atoms with Gasteiger partial charge in [0.1, 0.15) is 0 Å². The average molecular weight is 534 g/mol. The highest BCUT2D eigenvalue weighted by Crippen LogP contribution is 2.39. The monoisotopic (exact) mass is 533 g/mol. The van der Waals surface area contributed by atoms with Crippen molar-refractivity contribution in [2.24, 2.45) is 16.7 Å². The van der Waals surface area contributed by atoms with Crippen LogP contribution in [0.4, 0.5) is 5.69 Å². The van der Waals surface area contributed by atoms with Gasteiger partial charge in [-0.05, 0) is 35.7 Å². The first-order chi connectivity index (χ1) is 17.9. The quantitative estimate of drug-likeness (QED) is 0.0669. The Bertz CT molecular complexity index is 1320. The molecular formula is C29H35N5O3S. The number of ether oxygens (including phenoxy) is 1. The van der Waals surface area contributed by atoms with Crippen LogP contribution in [0, 0.1) is 6.92 Å². The standard InChI is InChI=1S/C29H35N5O3S/c1-19-10-12-21(13-11-19)16-27(36)32-25-17-22(14-15-26(25)38-29(3,4)5)23-8-6-7-9-24(23)28(30)33-34(31)18-37-20(2)35/h6-15,17H,16,18,31H2,1-5H3,(H2,30,33)(H,32,36). The van der Waals surface area contributed by atoms with Crippen molar-refractivity contribution < 1.29 is 14.3 Å². The predicted octanol–water partition coefficient (Wildman–Crippen LogP) is 5.05. The molecule has 3 aromatic carbocycles. The fourth-order valence-corrected chi connectivity index (χ4v) is 4.65. The van der Waals surface area contributed by atoms with Crippen molar-refractivity contribution >= 4 is 35.2 Å². The number of hydrogen-bond acceptors (Lipinski definition) is 7. The molecule has 0 fully saturated rings. The molecule has 0 atom stereocenters. The Kier molecular flexibility index (Phi) is 9.55. The zero-order valence-electron chi connectivity index (χ0n) is 22.4. The molecule has 8 nitrogen and oxygen atoms in total. The molecule has 9 heteroatoms. The maximum atomic E-state index is 13.0. The van der Waals surface area contributed by atoms with E-state index in [9.17, 15) is 9.59 Å². The zero-order chi connectivity index (χ0) is 27.9. The van der Waals surface area contributed by atoms with Crippen LogP contribution in [0.15, 0.2) is 76.7 Å². The van der Waals surface area contributed by atoms with E-state index in [-0.39, 0.29) is 29.6 Å². The lowest BCUT2D eigenvalue weighted by atomic mass is 9.98. The molecule has 200 valence electrons. The van der Waals surface area contributed by atoms with E-state index in [0.717, 1.165) is 38.0 Å². The van der Waals surface area contributed by atoms with Gasteiger partial charge in [-0.2, -0.15) is 5.12 Å². The maximum Gasteiger partial charge on any atom is 0.304 e. The number of carbonyl (C=O) groups is 2. The van der Waals surface area contributed by atoms with Crippen LogP contribution in [-0.4, -0.2) is 34.3 Å². The van der Waals surface area contributed by atoms with Gasteiger partial charge in [0.25, 0.3) is 0 Å². The Morgan fingerprint density at radius 1 is 1.05 bits per heavy atom. The summed E-state index contributed by atoms with van der Waals surface area (Å²) in [5.41, 5.74) is 11.4. The van der Waals surface area contributed by atoms with E-state index >= 15 is 0 Å². The van der Waals surface area contributed by atoms with Crippen LogP contribution in [0.2, 0.25) is 0 Å². The minimum absolute atomic E-state index is 0.0561. The average Bonchev–Trinajstić information content (AvgIpc) is 2.84. The third-order valence-corrected chi connectivity index (χ3v) is 6.49. The molecule has 1 amide bonds. The minimum Gasteiger partial charge on any atom is -0.441 e. The first-order valence-corrected chi connectivity index (χ1v) is 13.0. The number of anilines is 1. The Balaban J connectivity index is 1.94. The fraction of sp³-hybridized carbons (Fsp3) is 0.276. The van der Waals surface area contributed by atoms with E-state index in [1.54, 1.807) is 11.8 Å². The van der Waals surface area contributed by atoms with Gasteiger partial charge in [-0.1, -0.05) is 80.9 Å². The largest absolute Gasteiger partial charge is 0.441 e. The van der Waals surface area contributed by atoms with Crippen LogP contribution in [0.5, 0.6) is 0 Å². The summed E-state index contributed by atoms with van der Waals surface area (Å²) in [5.74, 6) is 5.41. The van der Waals surface area contributed by atoms with Gasteiger partial charge in [-0.3, -0.25) is 9.59 Å². The highest BCUT2D eigenvalue weighted by atomic mass is 32.2. The smallest absolute Gasteiger partial charge is 0.304 e. The summed E-state index contributed by atoms with van der Waals surface area (Å²) in [4.78, 5) is 25.1. The Labute approximate surface area is 228 Å². The lowest BCUT2D eigenvalue weighted by molar-refractivity contribution is -0.145. The number of amidine groups is 1. The molecule has 0 saturated heterocycles. The Morgan fingerprint density at radius 2 is 1.74 bits per heavy atom. The molecule has 0 aliphatic rings. The molecule has 0 aliphatic carbocycles. The SMILES string of the molecule is CC(=O)OCN(N)/N=C(\N)c1ccccc1-c1ccc(SC(C)(C)C)c(NC(=O)Cc2ccc(C)cc2)c1. The van der Waals surface area contributed by atoms with Crippen molar-refractivity contribution in [2.75, 3.05) is 12.0 Å². The zero-order valence-corrected chi connectivity index (χ0v) is 23.3. The van der Waals surface area contributed by atoms with Crippen molar-refractivity contribution in [1.29, 1.82) is 0 Å². The lowest BCUT2D eigenvalue weighted by Gasteiger charge is -2.21. The van der Waals surface area contributed by atoms with Crippen molar-refractivity contribution in [1.82, 2.24) is 5.12 Å². The number of esters is 1. The topological polar surface area (TPSA) is 123 Å². The molecule has 5 N–H and O–H groups in total. The van der Waals surface area contributed by atoms with Crippen LogP contribution in [-0.2, 0) is 20.7 Å². The van der Waals surface area contributed by atoms with Gasteiger partial charge in [0.05, 0.1) is 12.1 Å². The number of hydrazone groups is 1. The van der Waals surface area contributed by atoms with Crippen LogP contribution < -0.4 is 16.9 Å². The summed E-state index contributed by atoms with van der Waals surface area (Å²) >= 11 is 1.68. The highest BCUT2D eigenvalue weighted by Gasteiger charge is 2.18. The van der Waals surface area contributed by atoms with E-state index in [2.05, 4.69) is 31.2 Å². The first-order valence-electron chi connectivity index (χ1n) is 12.2. The van der Waals surface area contributed by atoms with Gasteiger partial charge in [0.15, 0.2) is 12.6 Å². The number of amides is 1. The van der Waals surface area contributed by atoms with Crippen molar-refractivity contribution in [2.45, 2.75) is 50.7 Å². The minimum atomic E-state index is -0.472. The van der Waals surface area contributed by atoms with Gasteiger partial charge >= 0.3 is 5.97 Å². The van der Waals surface area contributed by atoms with Gasteiger partial charge in [-0.15, -0.1) is 16.9 Å². The Hall–Kier alpha value is -3.82. The van der Waals surface area contributed by atoms with E-state index in [1.807, 2.05) is 73.7 Å². The maximum absolute atomic E-state index is 13.0. The number of nitrogens with one attached hydrogen (secondary N) is 1. The van der Waals surface area contributed by atoms with Crippen molar-refractivity contribution in [3.05, 3.63) is 83.4 Å². The molecule has 0 aromatic heterocycles. The molecule has 0 spiro atoms. The molecule has 0 bridgehead atoms. The molecule has 0 unspecified atom stereocenters. The molecule has 38 heavy (non-hydrogen) atoms. The number of carbonyl (C=O) groups excluding carboxylic acids is 2. The number of nitrogens with zero attached hydrogens (tertiary/aromatic N) is 2. The molecule has 0 saturated carbocycles. The van der Waals surface area contributed by atoms with Gasteiger partial charge in [0.2, 0.25) is 5.91 Å². The second-order valence-electron chi connectivity index (χ2n) is 9.87. The van der Waals surface area contributed by atoms with Crippen LogP contribution >= 0.6 is 11.8 Å². The van der Waals surface area contributed by atoms with Crippen LogP contribution in [0.3, 0.4) is 0 Å². The number of nitrogens with two attached hydrogens (primary N) is 2. The van der Waals surface area contributed by atoms with Crippen LogP contribution in [0.1, 0.15) is 44.4 Å². The second-order valence-corrected chi connectivity index (χ2v) is 11.7. The number of hydrogen-bond donors (Lipinski definition) is 3. The summed E-state index contributed by atoms with van der Waals surface area (Å²) in [6.07, 6.45) is 0.273. The molecule has 3 rings (SSSR count). The summed E-state index contributed by atoms with van der Waals surface area (Å²) in [6, 6.07) is 21.4. The van der Waals surface area contributed by atoms with E-state index < -0.39 is 5.97 Å². The van der Waals surface area contributed by atoms with E-state index in [1.165, 1.54) is 6.92 Å². The third kappa shape index (κ3) is 8.64. The number of rotatable bonds is 9. The van der Waals surface area contributed by atoms with Gasteiger partial charge in [-0.25, -0.2) is 5.84 Å². The van der Waals surface area contributed by atoms with Crippen LogP contribution in [0.25, 0.3) is 11.1 Å². The number of aryl methyl sites for hydroxylation is 1. The molecule has 0 heterocycles. The molecule has 3 aromatic rings. The van der Waals surface area contributed by atoms with Crippen molar-refractivity contribution in [3.63, 3.8) is 0 Å². The number of hydrazine groups is 1. The van der Waals surface area contributed by atoms with E-state index in [0.29, 0.717) is 5.56 Å². The third-order valence-electron chi connectivity index (χ3n) is 5.31. The van der Waals surface area contributed by atoms with Gasteiger partial charge in [0, 0.05) is 22.1 Å². The predicted molar refractivity (Wildman–Crippen MR) is 154 cm³/mol. The summed E-state index contributed by atoms with van der Waals surface area (Å²) in [5, 5.41) is 8.23. The summed E-state index contributed by atoms with van der Waals surface area (Å²) in [7, 11) is 0. The second kappa shape index (κ2) is 12.6. The van der Waals surface area contributed by atoms with Gasteiger partial charge < -0.3 is 15.8 Å². The van der Waals surface area contributed by atoms with Crippen molar-refractivity contribution in [3.8, 4) is 11.1 Å². The van der Waals surface area contributed by atoms with E-state index in [4.69, 9.17) is 16.3 Å². The molecule has 0 aliphatic heterocycles. The lowest BCUT2D eigenvalue weighted by Crippen LogP contribution is -2.32. The fourth-order valence-electron chi connectivity index (χ4n) is 3.64. The Morgan fingerprint density at radius 3 is 2.39 bits per heavy atom. The summed E-state index contributed by atoms with van der Waals surface area (Å²) in [6.45, 7) is 9.47. The first kappa shape index (κ1) is 28.7. The molecular weight excluding hydrogens is 498 g/mol. The highest BCUT2D eigenvalue weighted by molar-refractivity contribution is 8.00. The summed E-state index contributed by atoms with van der Waals surface area (Å²) < 4.78 is 4.81. The normalized spacial score (nSPS) is 11.7. The number of benzene rings is 3. The number of thioether (sulfide) groups is 1.